The molecule has 0 saturated heterocycles. The number of hydrogen-bond acceptors (Lipinski definition) is 5. The average molecular weight is 380 g/mol. The van der Waals surface area contributed by atoms with Crippen molar-refractivity contribution in [2.24, 2.45) is 0 Å². The second kappa shape index (κ2) is 17.4. The van der Waals surface area contributed by atoms with Gasteiger partial charge in [-0.25, -0.2) is 4.79 Å². The molecule has 2 N–H and O–H groups in total. The molecule has 9 heteroatoms. The number of ether oxygens (including phenoxy) is 2. The van der Waals surface area contributed by atoms with Gasteiger partial charge in [-0.1, -0.05) is 6.92 Å². The Kier molecular flexibility index (Phi) is 22.8. The Morgan fingerprint density at radius 3 is 1.42 bits per heavy atom. The first-order valence-electron chi connectivity index (χ1n) is 7.62. The van der Waals surface area contributed by atoms with Gasteiger partial charge in [-0.05, 0) is 34.6 Å². The molecule has 0 spiro atoms. The highest BCUT2D eigenvalue weighted by molar-refractivity contribution is 6.08. The molecule has 0 aromatic rings. The van der Waals surface area contributed by atoms with Crippen LogP contribution in [0.5, 0.6) is 0 Å². The molecule has 0 bridgehead atoms. The average Bonchev–Trinajstić information content (AvgIpc) is 2.25. The highest BCUT2D eigenvalue weighted by Crippen LogP contribution is 2.17. The molecular weight excluding hydrogens is 346 g/mol. The SMILES string of the molecule is CC(=O)CC(=O)O.CC(C)OC(C)(OC(C)C)C(=O)O.C[CH2][AlH2].[AlH3]. The third kappa shape index (κ3) is 23.9. The van der Waals surface area contributed by atoms with Gasteiger partial charge in [0, 0.05) is 6.92 Å². The highest BCUT2D eigenvalue weighted by Gasteiger charge is 2.37. The predicted octanol–water partition coefficient (Wildman–Crippen LogP) is 0.561. The van der Waals surface area contributed by atoms with Crippen molar-refractivity contribution in [2.75, 3.05) is 0 Å². The fourth-order valence-corrected chi connectivity index (χ4v) is 1.24. The Balaban J connectivity index is -0.000000154. The monoisotopic (exact) mass is 380 g/mol. The maximum Gasteiger partial charge on any atom is 0.364 e. The zero-order valence-electron chi connectivity index (χ0n) is 15.5. The van der Waals surface area contributed by atoms with E-state index in [4.69, 9.17) is 19.7 Å². The van der Waals surface area contributed by atoms with Crippen LogP contribution in [0, 0.1) is 0 Å². The van der Waals surface area contributed by atoms with E-state index in [-0.39, 0.29) is 41.8 Å². The molecule has 0 amide bonds. The summed E-state index contributed by atoms with van der Waals surface area (Å²) in [6.45, 7) is 11.9. The Morgan fingerprint density at radius 1 is 1.04 bits per heavy atom. The number of Topliss-reactive ketones (excluding diaryl/α,β-unsaturated/α-hetero) is 1. The third-order valence-corrected chi connectivity index (χ3v) is 1.71. The molecule has 142 valence electrons. The quantitative estimate of drug-likeness (QED) is 0.377. The van der Waals surface area contributed by atoms with Crippen molar-refractivity contribution in [3.63, 3.8) is 0 Å². The molecule has 0 aliphatic heterocycles. The topological polar surface area (TPSA) is 110 Å². The molecule has 0 rings (SSSR count). The van der Waals surface area contributed by atoms with Crippen LogP contribution in [0.4, 0.5) is 0 Å². The van der Waals surface area contributed by atoms with Gasteiger partial charge in [0.05, 0.1) is 12.2 Å². The number of carboxylic acids is 2. The number of hydrogen-bond donors (Lipinski definition) is 2. The predicted molar refractivity (Wildman–Crippen MR) is 100 cm³/mol. The maximum atomic E-state index is 10.8. The van der Waals surface area contributed by atoms with Crippen LogP contribution >= 0.6 is 0 Å². The van der Waals surface area contributed by atoms with E-state index in [0.717, 1.165) is 0 Å². The summed E-state index contributed by atoms with van der Waals surface area (Å²) in [4.78, 5) is 30.3. The molecule has 0 aromatic heterocycles. The molecule has 0 aliphatic carbocycles. The van der Waals surface area contributed by atoms with Crippen molar-refractivity contribution in [1.29, 1.82) is 0 Å². The largest absolute Gasteiger partial charge is 0.481 e. The second-order valence-corrected chi connectivity index (χ2v) is 6.98. The van der Waals surface area contributed by atoms with E-state index in [1.54, 1.807) is 27.7 Å². The van der Waals surface area contributed by atoms with Crippen LogP contribution in [-0.2, 0) is 23.9 Å². The molecule has 0 radical (unpaired) electrons. The lowest BCUT2D eigenvalue weighted by Gasteiger charge is -2.29. The summed E-state index contributed by atoms with van der Waals surface area (Å²) in [6.07, 6.45) is -0.723. The summed E-state index contributed by atoms with van der Waals surface area (Å²) in [5.74, 6) is -4.02. The summed E-state index contributed by atoms with van der Waals surface area (Å²) in [7, 11) is 0. The zero-order valence-corrected chi connectivity index (χ0v) is 17.5. The lowest BCUT2D eigenvalue weighted by Crippen LogP contribution is -2.44. The van der Waals surface area contributed by atoms with Crippen molar-refractivity contribution < 1.29 is 34.1 Å². The zero-order chi connectivity index (χ0) is 19.2. The lowest BCUT2D eigenvalue weighted by atomic mass is 10.3. The van der Waals surface area contributed by atoms with E-state index < -0.39 is 17.7 Å². The maximum absolute atomic E-state index is 10.8. The van der Waals surface area contributed by atoms with Crippen LogP contribution < -0.4 is 0 Å². The Labute approximate surface area is 163 Å². The summed E-state index contributed by atoms with van der Waals surface area (Å²) in [5, 5.41) is 18.1. The van der Waals surface area contributed by atoms with Gasteiger partial charge in [0.1, 0.15) is 12.2 Å². The Hall–Kier alpha value is -0.405. The Bertz CT molecular complexity index is 336. The van der Waals surface area contributed by atoms with Gasteiger partial charge in [0.2, 0.25) is 16.3 Å². The van der Waals surface area contributed by atoms with Crippen molar-refractivity contribution in [1.82, 2.24) is 0 Å². The third-order valence-electron chi connectivity index (χ3n) is 1.71. The van der Waals surface area contributed by atoms with Crippen LogP contribution in [0.1, 0.15) is 54.9 Å². The molecule has 0 heterocycles. The lowest BCUT2D eigenvalue weighted by molar-refractivity contribution is -0.259. The molecule has 0 aromatic carbocycles. The van der Waals surface area contributed by atoms with Gasteiger partial charge in [0.15, 0.2) is 17.4 Å². The van der Waals surface area contributed by atoms with Crippen LogP contribution in [0.2, 0.25) is 5.28 Å². The van der Waals surface area contributed by atoms with E-state index in [2.05, 4.69) is 6.92 Å². The standard InChI is InChI=1S/C9H18O4.C4H6O3.C2H5.2Al.5H/c1-6(2)12-9(5,8(10)11)13-7(3)4;1-3(5)2-4(6)7;1-2;;;;;;;/h6-7H,1-5H3,(H,10,11);2H2,1H3,(H,6,7);1H2,2H3;;;;;;;. The van der Waals surface area contributed by atoms with Gasteiger partial charge < -0.3 is 19.7 Å². The first-order chi connectivity index (χ1) is 10.3. The van der Waals surface area contributed by atoms with Gasteiger partial charge in [-0.15, -0.1) is 5.28 Å². The van der Waals surface area contributed by atoms with Crippen LogP contribution in [0.3, 0.4) is 0 Å². The fraction of sp³-hybridized carbons (Fsp3) is 0.800. The van der Waals surface area contributed by atoms with Gasteiger partial charge in [0.25, 0.3) is 5.79 Å². The first kappa shape index (κ1) is 31.4. The minimum absolute atomic E-state index is 0. The number of carboxylic acid groups (broad SMARTS) is 2. The van der Waals surface area contributed by atoms with Crippen LogP contribution in [-0.4, -0.2) is 79.6 Å². The fourth-order valence-electron chi connectivity index (χ4n) is 1.24. The number of carbonyl (C=O) groups excluding carboxylic acids is 1. The van der Waals surface area contributed by atoms with Crippen molar-refractivity contribution in [3.05, 3.63) is 0 Å². The summed E-state index contributed by atoms with van der Waals surface area (Å²) in [6, 6.07) is 0. The van der Waals surface area contributed by atoms with Crippen molar-refractivity contribution in [2.45, 2.75) is 78.2 Å². The molecular formula is C15H34Al2O7. The van der Waals surface area contributed by atoms with Crippen molar-refractivity contribution >= 4 is 51.4 Å². The number of aliphatic carboxylic acids is 2. The molecule has 24 heavy (non-hydrogen) atoms. The van der Waals surface area contributed by atoms with E-state index in [0.29, 0.717) is 0 Å². The van der Waals surface area contributed by atoms with Crippen LogP contribution in [0.25, 0.3) is 0 Å². The normalized spacial score (nSPS) is 9.88. The number of rotatable bonds is 7. The van der Waals surface area contributed by atoms with E-state index >= 15 is 0 Å². The number of ketones is 1. The van der Waals surface area contributed by atoms with Crippen molar-refractivity contribution in [3.8, 4) is 0 Å². The molecule has 0 fully saturated rings. The molecule has 0 unspecified atom stereocenters. The minimum atomic E-state index is -1.54. The van der Waals surface area contributed by atoms with Gasteiger partial charge in [-0.3, -0.25) is 9.59 Å². The summed E-state index contributed by atoms with van der Waals surface area (Å²) in [5.41, 5.74) is 0. The molecule has 0 saturated carbocycles. The molecule has 0 aliphatic rings. The second-order valence-electron chi connectivity index (χ2n) is 5.56. The van der Waals surface area contributed by atoms with E-state index in [1.165, 1.54) is 35.4 Å². The minimum Gasteiger partial charge on any atom is -0.481 e. The molecule has 7 nitrogen and oxygen atoms in total. The Morgan fingerprint density at radius 2 is 1.33 bits per heavy atom. The van der Waals surface area contributed by atoms with E-state index in [1.807, 2.05) is 0 Å². The van der Waals surface area contributed by atoms with Crippen LogP contribution in [0.15, 0.2) is 0 Å². The summed E-state index contributed by atoms with van der Waals surface area (Å²) < 4.78 is 10.4. The highest BCUT2D eigenvalue weighted by atomic mass is 27.0. The van der Waals surface area contributed by atoms with E-state index in [9.17, 15) is 14.4 Å². The number of carbonyl (C=O) groups is 3. The first-order valence-corrected chi connectivity index (χ1v) is 9.03. The van der Waals surface area contributed by atoms with Gasteiger partial charge >= 0.3 is 11.9 Å². The summed E-state index contributed by atoms with van der Waals surface area (Å²) >= 11 is 1.37. The molecule has 0 atom stereocenters. The van der Waals surface area contributed by atoms with Gasteiger partial charge in [-0.2, -0.15) is 0 Å². The smallest absolute Gasteiger partial charge is 0.364 e.